The van der Waals surface area contributed by atoms with Gasteiger partial charge in [-0.2, -0.15) is 11.8 Å². The number of terminal acetylenes is 1. The number of nitrogens with one attached hydrogen (secondary N) is 4. The molecule has 1 saturated heterocycles. The number of ketones is 1. The molecule has 2 aliphatic rings. The van der Waals surface area contributed by atoms with Crippen LogP contribution < -0.4 is 21.3 Å². The van der Waals surface area contributed by atoms with E-state index in [2.05, 4.69) is 54.5 Å². The Bertz CT molecular complexity index is 1180. The normalized spacial score (nSPS) is 20.8. The molecule has 2 rings (SSSR count). The average molecular weight is 674 g/mol. The summed E-state index contributed by atoms with van der Waals surface area (Å²) in [6.45, 7) is 20.1. The lowest BCUT2D eigenvalue weighted by molar-refractivity contribution is -0.144. The first-order chi connectivity index (χ1) is 21.9. The third-order valence-electron chi connectivity index (χ3n) is 9.05. The van der Waals surface area contributed by atoms with E-state index in [1.165, 1.54) is 6.08 Å². The van der Waals surface area contributed by atoms with Crippen molar-refractivity contribution in [3.8, 4) is 12.3 Å². The topological polar surface area (TPSA) is 137 Å². The fourth-order valence-corrected chi connectivity index (χ4v) is 7.44. The Morgan fingerprint density at radius 1 is 1.04 bits per heavy atom. The second kappa shape index (κ2) is 17.4. The highest BCUT2D eigenvalue weighted by atomic mass is 32.2. The van der Waals surface area contributed by atoms with E-state index < -0.39 is 41.1 Å². The van der Waals surface area contributed by atoms with Crippen LogP contribution in [0, 0.1) is 29.6 Å². The Hall–Kier alpha value is -3.00. The van der Waals surface area contributed by atoms with Gasteiger partial charge in [0.05, 0.1) is 11.6 Å². The first kappa shape index (κ1) is 40.2. The van der Waals surface area contributed by atoms with Crippen LogP contribution in [0.25, 0.3) is 0 Å². The van der Waals surface area contributed by atoms with E-state index in [0.29, 0.717) is 13.0 Å². The Labute approximate surface area is 287 Å². The van der Waals surface area contributed by atoms with Crippen LogP contribution in [0.4, 0.5) is 4.79 Å². The predicted octanol–water partition coefficient (Wildman–Crippen LogP) is 4.58. The molecule has 0 bridgehead atoms. The van der Waals surface area contributed by atoms with Crippen LogP contribution in [-0.4, -0.2) is 81.7 Å². The lowest BCUT2D eigenvalue weighted by Gasteiger charge is -2.41. The Balaban J connectivity index is 2.33. The van der Waals surface area contributed by atoms with Crippen molar-refractivity contribution in [2.75, 3.05) is 18.8 Å². The van der Waals surface area contributed by atoms with Crippen molar-refractivity contribution < 1.29 is 24.0 Å². The fraction of sp³-hybridized carbons (Fsp3) is 0.750. The van der Waals surface area contributed by atoms with Crippen LogP contribution >= 0.6 is 11.8 Å². The van der Waals surface area contributed by atoms with Crippen molar-refractivity contribution in [3.05, 3.63) is 12.7 Å². The molecule has 1 aliphatic carbocycles. The SMILES string of the molecule is C#CCCC(NC(=O)[C@@H]1C(C(C)C)CCN1C(=O)[C@@H](NC(=O)NC1(CSC(C)(C)C)CCCCC1)C(C)(C)C)C(=O)C(=O)NCC=C. The largest absolute Gasteiger partial charge is 0.346 e. The maximum Gasteiger partial charge on any atom is 0.315 e. The van der Waals surface area contributed by atoms with E-state index in [1.54, 1.807) is 4.90 Å². The molecular formula is C36H59N5O5S. The van der Waals surface area contributed by atoms with Gasteiger partial charge in [-0.15, -0.1) is 18.9 Å². The molecule has 47 heavy (non-hydrogen) atoms. The number of rotatable bonds is 14. The van der Waals surface area contributed by atoms with E-state index in [-0.39, 0.29) is 53.4 Å². The first-order valence-electron chi connectivity index (χ1n) is 17.1. The molecule has 0 radical (unpaired) electrons. The molecule has 0 aromatic heterocycles. The van der Waals surface area contributed by atoms with E-state index in [4.69, 9.17) is 6.42 Å². The molecule has 4 atom stereocenters. The molecule has 10 nitrogen and oxygen atoms in total. The van der Waals surface area contributed by atoms with Gasteiger partial charge >= 0.3 is 6.03 Å². The third-order valence-corrected chi connectivity index (χ3v) is 10.6. The number of carbonyl (C=O) groups excluding carboxylic acids is 5. The minimum Gasteiger partial charge on any atom is -0.346 e. The highest BCUT2D eigenvalue weighted by molar-refractivity contribution is 8.00. The predicted molar refractivity (Wildman–Crippen MR) is 190 cm³/mol. The maximum absolute atomic E-state index is 14.4. The number of hydrogen-bond acceptors (Lipinski definition) is 6. The summed E-state index contributed by atoms with van der Waals surface area (Å²) in [7, 11) is 0. The summed E-state index contributed by atoms with van der Waals surface area (Å²) in [5.41, 5.74) is -1.03. The van der Waals surface area contributed by atoms with E-state index in [1.807, 2.05) is 46.4 Å². The Kier molecular flexibility index (Phi) is 14.9. The van der Waals surface area contributed by atoms with Crippen LogP contribution in [0.3, 0.4) is 0 Å². The van der Waals surface area contributed by atoms with Gasteiger partial charge in [-0.3, -0.25) is 19.2 Å². The molecule has 2 fully saturated rings. The van der Waals surface area contributed by atoms with Gasteiger partial charge in [-0.25, -0.2) is 4.79 Å². The quantitative estimate of drug-likeness (QED) is 0.121. The zero-order chi connectivity index (χ0) is 35.6. The van der Waals surface area contributed by atoms with Crippen LogP contribution in [-0.2, 0) is 19.2 Å². The number of thioether (sulfide) groups is 1. The number of amides is 5. The summed E-state index contributed by atoms with van der Waals surface area (Å²) in [6, 6.07) is -3.33. The standard InChI is InChI=1S/C36H59N5O5S/c1-11-13-17-26(28(42)31(44)37-21-12-2)38-30(43)27-25(24(3)4)18-22-41(27)32(45)29(34(5,6)7)39-33(46)40-36(19-15-14-16-20-36)23-47-35(8,9)10/h1,12,24-27,29H,2,13-23H2,3-10H3,(H,37,44)(H,38,43)(H2,39,40,46)/t25?,26?,27-,29+/m0/s1. The molecule has 1 aliphatic heterocycles. The molecule has 2 unspecified atom stereocenters. The molecule has 1 saturated carbocycles. The number of hydrogen-bond donors (Lipinski definition) is 4. The monoisotopic (exact) mass is 673 g/mol. The van der Waals surface area contributed by atoms with E-state index in [0.717, 1.165) is 37.9 Å². The number of Topliss-reactive ketones (excluding diaryl/α,β-unsaturated/α-hetero) is 1. The first-order valence-corrected chi connectivity index (χ1v) is 18.0. The van der Waals surface area contributed by atoms with Crippen molar-refractivity contribution in [1.82, 2.24) is 26.2 Å². The summed E-state index contributed by atoms with van der Waals surface area (Å²) < 4.78 is 0.0463. The molecule has 0 spiro atoms. The summed E-state index contributed by atoms with van der Waals surface area (Å²) >= 11 is 1.83. The van der Waals surface area contributed by atoms with Crippen molar-refractivity contribution in [3.63, 3.8) is 0 Å². The fourth-order valence-electron chi connectivity index (χ4n) is 6.37. The second-order valence-electron chi connectivity index (χ2n) is 15.5. The van der Waals surface area contributed by atoms with Gasteiger partial charge in [0.15, 0.2) is 0 Å². The molecular weight excluding hydrogens is 614 g/mol. The number of urea groups is 1. The van der Waals surface area contributed by atoms with Crippen LogP contribution in [0.1, 0.15) is 107 Å². The van der Waals surface area contributed by atoms with Gasteiger partial charge in [0.1, 0.15) is 12.1 Å². The smallest absolute Gasteiger partial charge is 0.315 e. The van der Waals surface area contributed by atoms with E-state index >= 15 is 0 Å². The van der Waals surface area contributed by atoms with Crippen molar-refractivity contribution in [1.29, 1.82) is 0 Å². The Morgan fingerprint density at radius 2 is 1.68 bits per heavy atom. The number of likely N-dealkylation sites (tertiary alicyclic amines) is 1. The van der Waals surface area contributed by atoms with Gasteiger partial charge in [-0.05, 0) is 42.9 Å². The van der Waals surface area contributed by atoms with Crippen LogP contribution in [0.2, 0.25) is 0 Å². The molecule has 0 aromatic carbocycles. The van der Waals surface area contributed by atoms with Gasteiger partial charge in [0.25, 0.3) is 5.91 Å². The molecule has 4 N–H and O–H groups in total. The van der Waals surface area contributed by atoms with Crippen molar-refractivity contribution in [2.24, 2.45) is 17.3 Å². The maximum atomic E-state index is 14.4. The van der Waals surface area contributed by atoms with Crippen LogP contribution in [0.5, 0.6) is 0 Å². The second-order valence-corrected chi connectivity index (χ2v) is 17.3. The summed E-state index contributed by atoms with van der Waals surface area (Å²) in [5, 5.41) is 11.5. The lowest BCUT2D eigenvalue weighted by atomic mass is 9.83. The summed E-state index contributed by atoms with van der Waals surface area (Å²) in [4.78, 5) is 69.1. The number of nitrogens with zero attached hydrogens (tertiary/aromatic N) is 1. The zero-order valence-electron chi connectivity index (χ0n) is 29.9. The molecule has 1 heterocycles. The molecule has 264 valence electrons. The minimum atomic E-state index is -1.14. The van der Waals surface area contributed by atoms with Crippen molar-refractivity contribution in [2.45, 2.75) is 135 Å². The molecule has 11 heteroatoms. The number of carbonyl (C=O) groups is 5. The van der Waals surface area contributed by atoms with Crippen LogP contribution in [0.15, 0.2) is 12.7 Å². The average Bonchev–Trinajstić information content (AvgIpc) is 3.44. The molecule has 5 amide bonds. The zero-order valence-corrected chi connectivity index (χ0v) is 30.7. The highest BCUT2D eigenvalue weighted by Crippen LogP contribution is 2.36. The summed E-state index contributed by atoms with van der Waals surface area (Å²) in [5.74, 6) is 0.597. The van der Waals surface area contributed by atoms with E-state index in [9.17, 15) is 24.0 Å². The van der Waals surface area contributed by atoms with Gasteiger partial charge in [0, 0.05) is 30.0 Å². The molecule has 0 aromatic rings. The third kappa shape index (κ3) is 11.9. The lowest BCUT2D eigenvalue weighted by Crippen LogP contribution is -2.63. The highest BCUT2D eigenvalue weighted by Gasteiger charge is 2.48. The summed E-state index contributed by atoms with van der Waals surface area (Å²) in [6.07, 6.45) is 12.7. The van der Waals surface area contributed by atoms with Gasteiger partial charge in [0.2, 0.25) is 17.6 Å². The van der Waals surface area contributed by atoms with Crippen molar-refractivity contribution >= 4 is 41.3 Å². The Morgan fingerprint density at radius 3 is 2.21 bits per heavy atom. The van der Waals surface area contributed by atoms with Gasteiger partial charge in [-0.1, -0.05) is 80.7 Å². The van der Waals surface area contributed by atoms with Gasteiger partial charge < -0.3 is 26.2 Å². The minimum absolute atomic E-state index is 0.0463.